The first-order valence-corrected chi connectivity index (χ1v) is 6.06. The SMILES string of the molecule is CC(C)(C)C(=N)N1CCN(C2CC2)CC1. The number of hydrogen-bond donors (Lipinski definition) is 1. The summed E-state index contributed by atoms with van der Waals surface area (Å²) in [5.74, 6) is 0.804. The van der Waals surface area contributed by atoms with Crippen LogP contribution in [0, 0.1) is 10.8 Å². The number of hydrogen-bond acceptors (Lipinski definition) is 2. The van der Waals surface area contributed by atoms with Gasteiger partial charge in [-0.05, 0) is 12.8 Å². The van der Waals surface area contributed by atoms with Gasteiger partial charge in [0.05, 0.1) is 0 Å². The Labute approximate surface area is 92.9 Å². The summed E-state index contributed by atoms with van der Waals surface area (Å²) in [7, 11) is 0. The van der Waals surface area contributed by atoms with Crippen molar-refractivity contribution in [1.29, 1.82) is 5.41 Å². The summed E-state index contributed by atoms with van der Waals surface area (Å²) in [6.45, 7) is 10.8. The van der Waals surface area contributed by atoms with Crippen molar-refractivity contribution in [3.8, 4) is 0 Å². The molecule has 15 heavy (non-hydrogen) atoms. The molecule has 1 aliphatic carbocycles. The van der Waals surface area contributed by atoms with Gasteiger partial charge in [-0.3, -0.25) is 10.3 Å². The van der Waals surface area contributed by atoms with E-state index in [0.29, 0.717) is 0 Å². The predicted octanol–water partition coefficient (Wildman–Crippen LogP) is 1.79. The lowest BCUT2D eigenvalue weighted by Crippen LogP contribution is -2.51. The third-order valence-electron chi connectivity index (χ3n) is 3.40. The van der Waals surface area contributed by atoms with Crippen molar-refractivity contribution >= 4 is 5.84 Å². The zero-order valence-electron chi connectivity index (χ0n) is 10.2. The number of piperazine rings is 1. The Morgan fingerprint density at radius 1 is 1.07 bits per heavy atom. The molecule has 3 nitrogen and oxygen atoms in total. The van der Waals surface area contributed by atoms with Crippen LogP contribution in [0.5, 0.6) is 0 Å². The second-order valence-corrected chi connectivity index (χ2v) is 5.85. The maximum atomic E-state index is 8.13. The van der Waals surface area contributed by atoms with Crippen LogP contribution in [-0.2, 0) is 0 Å². The van der Waals surface area contributed by atoms with Crippen LogP contribution in [0.15, 0.2) is 0 Å². The lowest BCUT2D eigenvalue weighted by atomic mass is 9.93. The zero-order valence-corrected chi connectivity index (χ0v) is 10.2. The normalized spacial score (nSPS) is 24.3. The van der Waals surface area contributed by atoms with E-state index < -0.39 is 0 Å². The van der Waals surface area contributed by atoms with Crippen molar-refractivity contribution in [2.45, 2.75) is 39.7 Å². The average Bonchev–Trinajstić information content (AvgIpc) is 2.99. The van der Waals surface area contributed by atoms with E-state index in [1.807, 2.05) is 0 Å². The lowest BCUT2D eigenvalue weighted by Gasteiger charge is -2.39. The largest absolute Gasteiger partial charge is 0.358 e. The van der Waals surface area contributed by atoms with Crippen LogP contribution in [0.25, 0.3) is 0 Å². The summed E-state index contributed by atoms with van der Waals surface area (Å²) in [6.07, 6.45) is 2.80. The van der Waals surface area contributed by atoms with Crippen molar-refractivity contribution in [1.82, 2.24) is 9.80 Å². The van der Waals surface area contributed by atoms with Gasteiger partial charge in [0.2, 0.25) is 0 Å². The summed E-state index contributed by atoms with van der Waals surface area (Å²) in [6, 6.07) is 0.885. The summed E-state index contributed by atoms with van der Waals surface area (Å²) >= 11 is 0. The molecule has 2 aliphatic rings. The molecule has 1 heterocycles. The summed E-state index contributed by atoms with van der Waals surface area (Å²) in [5, 5.41) is 8.13. The highest BCUT2D eigenvalue weighted by Gasteiger charge is 2.33. The van der Waals surface area contributed by atoms with E-state index in [-0.39, 0.29) is 5.41 Å². The van der Waals surface area contributed by atoms with Gasteiger partial charge in [-0.25, -0.2) is 0 Å². The Kier molecular flexibility index (Phi) is 2.75. The summed E-state index contributed by atoms with van der Waals surface area (Å²) in [5.41, 5.74) is 0.00174. The van der Waals surface area contributed by atoms with Gasteiger partial charge < -0.3 is 4.90 Å². The van der Waals surface area contributed by atoms with Crippen LogP contribution in [0.1, 0.15) is 33.6 Å². The molecule has 1 N–H and O–H groups in total. The highest BCUT2D eigenvalue weighted by Crippen LogP contribution is 2.28. The van der Waals surface area contributed by atoms with Gasteiger partial charge in [-0.2, -0.15) is 0 Å². The maximum absolute atomic E-state index is 8.13. The first kappa shape index (κ1) is 10.9. The molecule has 0 aromatic heterocycles. The van der Waals surface area contributed by atoms with E-state index in [1.165, 1.54) is 12.8 Å². The van der Waals surface area contributed by atoms with E-state index >= 15 is 0 Å². The zero-order chi connectivity index (χ0) is 11.1. The molecular weight excluding hydrogens is 186 g/mol. The first-order chi connectivity index (χ1) is 6.98. The summed E-state index contributed by atoms with van der Waals surface area (Å²) < 4.78 is 0. The minimum atomic E-state index is 0.00174. The van der Waals surface area contributed by atoms with Crippen LogP contribution in [0.4, 0.5) is 0 Å². The smallest absolute Gasteiger partial charge is 0.101 e. The van der Waals surface area contributed by atoms with E-state index in [1.54, 1.807) is 0 Å². The molecular formula is C12H23N3. The molecule has 0 amide bonds. The molecule has 0 atom stereocenters. The van der Waals surface area contributed by atoms with E-state index in [0.717, 1.165) is 38.1 Å². The monoisotopic (exact) mass is 209 g/mol. The van der Waals surface area contributed by atoms with Crippen LogP contribution < -0.4 is 0 Å². The Hall–Kier alpha value is -0.570. The first-order valence-electron chi connectivity index (χ1n) is 6.06. The molecule has 0 aromatic rings. The Bertz CT molecular complexity index is 242. The van der Waals surface area contributed by atoms with Gasteiger partial charge in [0.25, 0.3) is 0 Å². The second-order valence-electron chi connectivity index (χ2n) is 5.85. The summed E-state index contributed by atoms with van der Waals surface area (Å²) in [4.78, 5) is 4.84. The number of amidine groups is 1. The Balaban J connectivity index is 1.84. The van der Waals surface area contributed by atoms with Gasteiger partial charge in [-0.15, -0.1) is 0 Å². The van der Waals surface area contributed by atoms with Gasteiger partial charge in [0.1, 0.15) is 5.84 Å². The molecule has 0 aromatic carbocycles. The van der Waals surface area contributed by atoms with E-state index in [4.69, 9.17) is 5.41 Å². The van der Waals surface area contributed by atoms with Crippen LogP contribution in [0.2, 0.25) is 0 Å². The minimum Gasteiger partial charge on any atom is -0.358 e. The molecule has 86 valence electrons. The number of rotatable bonds is 1. The third kappa shape index (κ3) is 2.51. The van der Waals surface area contributed by atoms with Crippen LogP contribution >= 0.6 is 0 Å². The highest BCUT2D eigenvalue weighted by molar-refractivity contribution is 5.84. The molecule has 2 fully saturated rings. The van der Waals surface area contributed by atoms with Crippen LogP contribution in [0.3, 0.4) is 0 Å². The minimum absolute atomic E-state index is 0.00174. The molecule has 1 saturated heterocycles. The van der Waals surface area contributed by atoms with Crippen molar-refractivity contribution in [3.05, 3.63) is 0 Å². The van der Waals surface area contributed by atoms with Crippen LogP contribution in [-0.4, -0.2) is 47.9 Å². The standard InChI is InChI=1S/C12H23N3/c1-12(2,3)11(13)15-8-6-14(7-9-15)10-4-5-10/h10,13H,4-9H2,1-3H3. The molecule has 0 radical (unpaired) electrons. The number of nitrogens with zero attached hydrogens (tertiary/aromatic N) is 2. The third-order valence-corrected chi connectivity index (χ3v) is 3.40. The maximum Gasteiger partial charge on any atom is 0.101 e. The topological polar surface area (TPSA) is 30.3 Å². The molecule has 1 aliphatic heterocycles. The average molecular weight is 209 g/mol. The second kappa shape index (κ2) is 3.78. The van der Waals surface area contributed by atoms with Gasteiger partial charge in [-0.1, -0.05) is 20.8 Å². The van der Waals surface area contributed by atoms with Gasteiger partial charge in [0.15, 0.2) is 0 Å². The molecule has 0 spiro atoms. The van der Waals surface area contributed by atoms with Gasteiger partial charge >= 0.3 is 0 Å². The van der Waals surface area contributed by atoms with E-state index in [2.05, 4.69) is 30.6 Å². The lowest BCUT2D eigenvalue weighted by molar-refractivity contribution is 0.166. The molecule has 2 rings (SSSR count). The van der Waals surface area contributed by atoms with Crippen molar-refractivity contribution in [2.24, 2.45) is 5.41 Å². The van der Waals surface area contributed by atoms with Gasteiger partial charge in [0, 0.05) is 37.6 Å². The molecule has 3 heteroatoms. The quantitative estimate of drug-likeness (QED) is 0.527. The molecule has 0 unspecified atom stereocenters. The van der Waals surface area contributed by atoms with Crippen molar-refractivity contribution < 1.29 is 0 Å². The Morgan fingerprint density at radius 2 is 1.60 bits per heavy atom. The predicted molar refractivity (Wildman–Crippen MR) is 63.3 cm³/mol. The fraction of sp³-hybridized carbons (Fsp3) is 0.917. The van der Waals surface area contributed by atoms with Crippen molar-refractivity contribution in [3.63, 3.8) is 0 Å². The molecule has 1 saturated carbocycles. The van der Waals surface area contributed by atoms with Crippen molar-refractivity contribution in [2.75, 3.05) is 26.2 Å². The highest BCUT2D eigenvalue weighted by atomic mass is 15.3. The Morgan fingerprint density at radius 3 is 2.00 bits per heavy atom. The molecule has 0 bridgehead atoms. The fourth-order valence-corrected chi connectivity index (χ4v) is 2.22. The van der Waals surface area contributed by atoms with E-state index in [9.17, 15) is 0 Å². The number of nitrogens with one attached hydrogen (secondary N) is 1. The fourth-order valence-electron chi connectivity index (χ4n) is 2.22.